The Bertz CT molecular complexity index is 316. The van der Waals surface area contributed by atoms with E-state index in [1.165, 1.54) is 11.1 Å². The summed E-state index contributed by atoms with van der Waals surface area (Å²) in [6, 6.07) is 8.74. The molecule has 1 heterocycles. The minimum Gasteiger partial charge on any atom is -0.371 e. The number of hydrogen-bond donors (Lipinski definition) is 1. The fourth-order valence-electron chi connectivity index (χ4n) is 1.90. The number of rotatable bonds is 2. The van der Waals surface area contributed by atoms with Crippen LogP contribution in [0.3, 0.4) is 0 Å². The van der Waals surface area contributed by atoms with Gasteiger partial charge in [-0.1, -0.05) is 38.1 Å². The SMILES string of the molecule is CC(C)c1cccc(C2CNCCO2)c1. The highest BCUT2D eigenvalue weighted by atomic mass is 16.5. The summed E-state index contributed by atoms with van der Waals surface area (Å²) in [5.41, 5.74) is 2.69. The van der Waals surface area contributed by atoms with Crippen molar-refractivity contribution < 1.29 is 4.74 Å². The molecule has 1 atom stereocenters. The standard InChI is InChI=1S/C13H19NO/c1-10(2)11-4-3-5-12(8-11)13-9-14-6-7-15-13/h3-5,8,10,13-14H,6-7,9H2,1-2H3. The Balaban J connectivity index is 2.16. The molecule has 0 bridgehead atoms. The molecule has 1 aliphatic heterocycles. The van der Waals surface area contributed by atoms with Crippen molar-refractivity contribution in [3.8, 4) is 0 Å². The summed E-state index contributed by atoms with van der Waals surface area (Å²) in [6.07, 6.45) is 0.234. The summed E-state index contributed by atoms with van der Waals surface area (Å²) in [5.74, 6) is 0.585. The molecule has 1 aromatic rings. The second kappa shape index (κ2) is 4.77. The molecule has 2 rings (SSSR count). The number of hydrogen-bond acceptors (Lipinski definition) is 2. The molecule has 2 nitrogen and oxygen atoms in total. The van der Waals surface area contributed by atoms with Crippen molar-refractivity contribution in [2.24, 2.45) is 0 Å². The summed E-state index contributed by atoms with van der Waals surface area (Å²) in [5, 5.41) is 3.36. The lowest BCUT2D eigenvalue weighted by Gasteiger charge is -2.24. The summed E-state index contributed by atoms with van der Waals surface area (Å²) in [4.78, 5) is 0. The second-order valence-electron chi connectivity index (χ2n) is 4.39. The van der Waals surface area contributed by atoms with Gasteiger partial charge in [-0.3, -0.25) is 0 Å². The molecule has 0 spiro atoms. The van der Waals surface area contributed by atoms with E-state index in [2.05, 4.69) is 43.4 Å². The molecule has 0 amide bonds. The molecular weight excluding hydrogens is 186 g/mol. The molecule has 0 radical (unpaired) electrons. The summed E-state index contributed by atoms with van der Waals surface area (Å²) >= 11 is 0. The van der Waals surface area contributed by atoms with Crippen LogP contribution in [-0.4, -0.2) is 19.7 Å². The molecule has 1 aromatic carbocycles. The van der Waals surface area contributed by atoms with Gasteiger partial charge >= 0.3 is 0 Å². The average molecular weight is 205 g/mol. The number of nitrogens with one attached hydrogen (secondary N) is 1. The highest BCUT2D eigenvalue weighted by Crippen LogP contribution is 2.22. The van der Waals surface area contributed by atoms with Gasteiger partial charge in [-0.05, 0) is 17.0 Å². The number of morpholine rings is 1. The van der Waals surface area contributed by atoms with Gasteiger partial charge in [0.15, 0.2) is 0 Å². The zero-order valence-electron chi connectivity index (χ0n) is 9.49. The fourth-order valence-corrected chi connectivity index (χ4v) is 1.90. The van der Waals surface area contributed by atoms with Crippen molar-refractivity contribution in [1.29, 1.82) is 0 Å². The Kier molecular flexibility index (Phi) is 3.39. The van der Waals surface area contributed by atoms with Gasteiger partial charge in [0.05, 0.1) is 12.7 Å². The Labute approximate surface area is 91.6 Å². The van der Waals surface area contributed by atoms with Crippen LogP contribution in [0.2, 0.25) is 0 Å². The van der Waals surface area contributed by atoms with Crippen molar-refractivity contribution in [2.75, 3.05) is 19.7 Å². The molecule has 0 saturated carbocycles. The Morgan fingerprint density at radius 1 is 1.40 bits per heavy atom. The predicted molar refractivity (Wildman–Crippen MR) is 62.1 cm³/mol. The van der Waals surface area contributed by atoms with Gasteiger partial charge in [-0.15, -0.1) is 0 Å². The molecule has 1 saturated heterocycles. The zero-order valence-corrected chi connectivity index (χ0v) is 9.49. The van der Waals surface area contributed by atoms with Gasteiger partial charge in [0, 0.05) is 13.1 Å². The zero-order chi connectivity index (χ0) is 10.7. The maximum atomic E-state index is 5.74. The Hall–Kier alpha value is -0.860. The van der Waals surface area contributed by atoms with E-state index in [0.29, 0.717) is 5.92 Å². The van der Waals surface area contributed by atoms with Crippen molar-refractivity contribution >= 4 is 0 Å². The first-order valence-corrected chi connectivity index (χ1v) is 5.69. The van der Waals surface area contributed by atoms with Crippen LogP contribution in [0.4, 0.5) is 0 Å². The number of benzene rings is 1. The average Bonchev–Trinajstić information content (AvgIpc) is 2.30. The number of ether oxygens (including phenoxy) is 1. The van der Waals surface area contributed by atoms with Gasteiger partial charge in [0.1, 0.15) is 0 Å². The molecule has 1 aliphatic rings. The van der Waals surface area contributed by atoms with E-state index in [1.807, 2.05) is 0 Å². The molecular formula is C13H19NO. The minimum atomic E-state index is 0.234. The maximum Gasteiger partial charge on any atom is 0.0949 e. The van der Waals surface area contributed by atoms with E-state index in [9.17, 15) is 0 Å². The van der Waals surface area contributed by atoms with Crippen LogP contribution in [0.25, 0.3) is 0 Å². The van der Waals surface area contributed by atoms with E-state index in [-0.39, 0.29) is 6.10 Å². The maximum absolute atomic E-state index is 5.74. The highest BCUT2D eigenvalue weighted by Gasteiger charge is 2.15. The first-order chi connectivity index (χ1) is 7.27. The predicted octanol–water partition coefficient (Wildman–Crippen LogP) is 2.47. The lowest BCUT2D eigenvalue weighted by Crippen LogP contribution is -2.33. The smallest absolute Gasteiger partial charge is 0.0949 e. The first kappa shape index (κ1) is 10.7. The van der Waals surface area contributed by atoms with Gasteiger partial charge in [-0.25, -0.2) is 0 Å². The molecule has 1 unspecified atom stereocenters. The van der Waals surface area contributed by atoms with E-state index >= 15 is 0 Å². The van der Waals surface area contributed by atoms with Gasteiger partial charge in [-0.2, -0.15) is 0 Å². The largest absolute Gasteiger partial charge is 0.371 e. The van der Waals surface area contributed by atoms with E-state index < -0.39 is 0 Å². The van der Waals surface area contributed by atoms with Crippen LogP contribution in [0, 0.1) is 0 Å². The Morgan fingerprint density at radius 3 is 2.93 bits per heavy atom. The molecule has 0 aliphatic carbocycles. The molecule has 82 valence electrons. The second-order valence-corrected chi connectivity index (χ2v) is 4.39. The van der Waals surface area contributed by atoms with Crippen LogP contribution in [0.5, 0.6) is 0 Å². The molecule has 1 fully saturated rings. The van der Waals surface area contributed by atoms with Gasteiger partial charge < -0.3 is 10.1 Å². The van der Waals surface area contributed by atoms with Crippen LogP contribution in [0.1, 0.15) is 37.0 Å². The molecule has 0 aromatic heterocycles. The van der Waals surface area contributed by atoms with E-state index in [4.69, 9.17) is 4.74 Å². The van der Waals surface area contributed by atoms with Crippen molar-refractivity contribution in [3.05, 3.63) is 35.4 Å². The van der Waals surface area contributed by atoms with Crippen molar-refractivity contribution in [1.82, 2.24) is 5.32 Å². The van der Waals surface area contributed by atoms with Crippen LogP contribution >= 0.6 is 0 Å². The third kappa shape index (κ3) is 2.58. The van der Waals surface area contributed by atoms with E-state index in [1.54, 1.807) is 0 Å². The van der Waals surface area contributed by atoms with Crippen molar-refractivity contribution in [3.63, 3.8) is 0 Å². The molecule has 2 heteroatoms. The molecule has 15 heavy (non-hydrogen) atoms. The topological polar surface area (TPSA) is 21.3 Å². The van der Waals surface area contributed by atoms with Crippen molar-refractivity contribution in [2.45, 2.75) is 25.9 Å². The summed E-state index contributed by atoms with van der Waals surface area (Å²) < 4.78 is 5.74. The quantitative estimate of drug-likeness (QED) is 0.801. The lowest BCUT2D eigenvalue weighted by atomic mass is 9.98. The normalized spacial score (nSPS) is 21.9. The Morgan fingerprint density at radius 2 is 2.27 bits per heavy atom. The van der Waals surface area contributed by atoms with Crippen LogP contribution in [-0.2, 0) is 4.74 Å². The fraction of sp³-hybridized carbons (Fsp3) is 0.538. The van der Waals surface area contributed by atoms with Gasteiger partial charge in [0.25, 0.3) is 0 Å². The van der Waals surface area contributed by atoms with Crippen LogP contribution < -0.4 is 5.32 Å². The first-order valence-electron chi connectivity index (χ1n) is 5.69. The summed E-state index contributed by atoms with van der Waals surface area (Å²) in [7, 11) is 0. The summed E-state index contributed by atoms with van der Waals surface area (Å²) in [6.45, 7) is 7.16. The monoisotopic (exact) mass is 205 g/mol. The molecule has 1 N–H and O–H groups in total. The third-order valence-electron chi connectivity index (χ3n) is 2.88. The lowest BCUT2D eigenvalue weighted by molar-refractivity contribution is 0.0276. The van der Waals surface area contributed by atoms with Crippen LogP contribution in [0.15, 0.2) is 24.3 Å². The highest BCUT2D eigenvalue weighted by molar-refractivity contribution is 5.27. The van der Waals surface area contributed by atoms with Gasteiger partial charge in [0.2, 0.25) is 0 Å². The third-order valence-corrected chi connectivity index (χ3v) is 2.88. The van der Waals surface area contributed by atoms with E-state index in [0.717, 1.165) is 19.7 Å². The minimum absolute atomic E-state index is 0.234.